The van der Waals surface area contributed by atoms with E-state index in [1.54, 1.807) is 19.1 Å². The monoisotopic (exact) mass is 430 g/mol. The molecule has 4 rings (SSSR count). The van der Waals surface area contributed by atoms with Gasteiger partial charge in [-0.25, -0.2) is 0 Å². The molecule has 0 spiro atoms. The third kappa shape index (κ3) is 4.44. The van der Waals surface area contributed by atoms with Gasteiger partial charge in [-0.15, -0.1) is 0 Å². The van der Waals surface area contributed by atoms with Gasteiger partial charge in [-0.3, -0.25) is 9.59 Å². The highest BCUT2D eigenvalue weighted by Crippen LogP contribution is 2.33. The number of carbonyl (C=O) groups excluding carboxylic acids is 2. The molecular formula is C26H26N2O4. The van der Waals surface area contributed by atoms with Crippen LogP contribution in [0.15, 0.2) is 78.9 Å². The number of hydrogen-bond donors (Lipinski definition) is 1. The van der Waals surface area contributed by atoms with Crippen LogP contribution in [0.3, 0.4) is 0 Å². The molecule has 1 aliphatic rings. The summed E-state index contributed by atoms with van der Waals surface area (Å²) in [5.74, 6) is 0.677. The highest BCUT2D eigenvalue weighted by Gasteiger charge is 2.37. The van der Waals surface area contributed by atoms with Gasteiger partial charge in [0.2, 0.25) is 11.8 Å². The second kappa shape index (κ2) is 9.56. The molecule has 0 bridgehead atoms. The van der Waals surface area contributed by atoms with Crippen LogP contribution in [0.5, 0.6) is 11.5 Å². The van der Waals surface area contributed by atoms with E-state index < -0.39 is 5.92 Å². The second-order valence-corrected chi connectivity index (χ2v) is 7.70. The molecule has 3 aromatic rings. The fourth-order valence-electron chi connectivity index (χ4n) is 4.03. The summed E-state index contributed by atoms with van der Waals surface area (Å²) in [5.41, 5.74) is 2.60. The molecule has 0 aliphatic carbocycles. The molecular weight excluding hydrogens is 404 g/mol. The van der Waals surface area contributed by atoms with Gasteiger partial charge in [-0.05, 0) is 35.4 Å². The Morgan fingerprint density at radius 3 is 2.25 bits per heavy atom. The van der Waals surface area contributed by atoms with Crippen molar-refractivity contribution in [1.29, 1.82) is 0 Å². The van der Waals surface area contributed by atoms with Crippen molar-refractivity contribution in [3.8, 4) is 11.5 Å². The predicted molar refractivity (Wildman–Crippen MR) is 123 cm³/mol. The first-order valence-electron chi connectivity index (χ1n) is 10.5. The molecule has 2 amide bonds. The van der Waals surface area contributed by atoms with Crippen LogP contribution in [0.2, 0.25) is 0 Å². The maximum atomic E-state index is 13.3. The van der Waals surface area contributed by atoms with Gasteiger partial charge < -0.3 is 19.7 Å². The van der Waals surface area contributed by atoms with Crippen LogP contribution < -0.4 is 19.7 Å². The maximum Gasteiger partial charge on any atom is 0.227 e. The molecule has 6 heteroatoms. The highest BCUT2D eigenvalue weighted by atomic mass is 16.5. The van der Waals surface area contributed by atoms with Crippen molar-refractivity contribution in [3.05, 3.63) is 90.0 Å². The Hall–Kier alpha value is -3.80. The van der Waals surface area contributed by atoms with Crippen LogP contribution >= 0.6 is 0 Å². The summed E-state index contributed by atoms with van der Waals surface area (Å²) >= 11 is 0. The van der Waals surface area contributed by atoms with Gasteiger partial charge in [0.15, 0.2) is 0 Å². The topological polar surface area (TPSA) is 67.9 Å². The van der Waals surface area contributed by atoms with Gasteiger partial charge in [-0.2, -0.15) is 0 Å². The van der Waals surface area contributed by atoms with E-state index >= 15 is 0 Å². The van der Waals surface area contributed by atoms with Crippen LogP contribution in [-0.4, -0.2) is 32.6 Å². The van der Waals surface area contributed by atoms with E-state index in [9.17, 15) is 9.59 Å². The van der Waals surface area contributed by atoms with E-state index in [1.807, 2.05) is 78.9 Å². The van der Waals surface area contributed by atoms with E-state index in [0.717, 1.165) is 16.9 Å². The summed E-state index contributed by atoms with van der Waals surface area (Å²) in [7, 11) is 3.19. The Kier molecular flexibility index (Phi) is 6.40. The number of anilines is 1. The molecule has 3 aromatic carbocycles. The summed E-state index contributed by atoms with van der Waals surface area (Å²) in [5, 5.41) is 3.16. The Balaban J connectivity index is 1.55. The largest absolute Gasteiger partial charge is 0.497 e. The lowest BCUT2D eigenvalue weighted by Crippen LogP contribution is -2.36. The van der Waals surface area contributed by atoms with Gasteiger partial charge in [0, 0.05) is 13.0 Å². The van der Waals surface area contributed by atoms with Crippen LogP contribution in [0.1, 0.15) is 23.6 Å². The zero-order valence-corrected chi connectivity index (χ0v) is 18.2. The zero-order chi connectivity index (χ0) is 22.5. The number of benzene rings is 3. The molecule has 0 saturated carbocycles. The van der Waals surface area contributed by atoms with Gasteiger partial charge >= 0.3 is 0 Å². The number of para-hydroxylation sites is 2. The summed E-state index contributed by atoms with van der Waals surface area (Å²) < 4.78 is 10.7. The highest BCUT2D eigenvalue weighted by molar-refractivity contribution is 6.01. The Labute approximate surface area is 187 Å². The first-order chi connectivity index (χ1) is 15.6. The number of methoxy groups -OCH3 is 2. The Morgan fingerprint density at radius 1 is 0.906 bits per heavy atom. The van der Waals surface area contributed by atoms with E-state index in [4.69, 9.17) is 9.47 Å². The van der Waals surface area contributed by atoms with E-state index in [2.05, 4.69) is 5.32 Å². The molecule has 1 aliphatic heterocycles. The first kappa shape index (κ1) is 21.4. The summed E-state index contributed by atoms with van der Waals surface area (Å²) in [6, 6.07) is 24.5. The molecule has 1 saturated heterocycles. The van der Waals surface area contributed by atoms with Gasteiger partial charge in [0.1, 0.15) is 11.5 Å². The maximum absolute atomic E-state index is 13.3. The zero-order valence-electron chi connectivity index (χ0n) is 18.2. The number of rotatable bonds is 7. The minimum atomic E-state index is -0.447. The Morgan fingerprint density at radius 2 is 1.56 bits per heavy atom. The number of hydrogen-bond acceptors (Lipinski definition) is 4. The van der Waals surface area contributed by atoms with Crippen LogP contribution in [0.4, 0.5) is 5.69 Å². The molecule has 0 radical (unpaired) electrons. The molecule has 1 heterocycles. The molecule has 2 unspecified atom stereocenters. The lowest BCUT2D eigenvalue weighted by molar-refractivity contribution is -0.126. The third-order valence-corrected chi connectivity index (χ3v) is 5.74. The quantitative estimate of drug-likeness (QED) is 0.616. The fraction of sp³-hybridized carbons (Fsp3) is 0.231. The minimum Gasteiger partial charge on any atom is -0.497 e. The molecule has 1 fully saturated rings. The molecule has 1 N–H and O–H groups in total. The van der Waals surface area contributed by atoms with E-state index in [0.29, 0.717) is 18.0 Å². The smallest absolute Gasteiger partial charge is 0.227 e. The van der Waals surface area contributed by atoms with Crippen molar-refractivity contribution in [2.75, 3.05) is 25.7 Å². The summed E-state index contributed by atoms with van der Waals surface area (Å²) in [4.78, 5) is 27.6. The Bertz CT molecular complexity index is 1080. The number of carbonyl (C=O) groups is 2. The molecule has 2 atom stereocenters. The van der Waals surface area contributed by atoms with Crippen molar-refractivity contribution >= 4 is 17.5 Å². The lowest BCUT2D eigenvalue weighted by atomic mass is 9.97. The number of nitrogens with one attached hydrogen (secondary N) is 1. The lowest BCUT2D eigenvalue weighted by Gasteiger charge is -2.23. The van der Waals surface area contributed by atoms with E-state index in [1.165, 1.54) is 0 Å². The number of ether oxygens (including phenoxy) is 2. The average Bonchev–Trinajstić information content (AvgIpc) is 3.24. The summed E-state index contributed by atoms with van der Waals surface area (Å²) in [6.45, 7) is 0.315. The van der Waals surface area contributed by atoms with Crippen LogP contribution in [0, 0.1) is 5.92 Å². The fourth-order valence-corrected chi connectivity index (χ4v) is 4.03. The van der Waals surface area contributed by atoms with Crippen molar-refractivity contribution < 1.29 is 19.1 Å². The van der Waals surface area contributed by atoms with Crippen molar-refractivity contribution in [2.45, 2.75) is 12.5 Å². The normalized spacial score (nSPS) is 16.5. The average molecular weight is 431 g/mol. The van der Waals surface area contributed by atoms with Crippen molar-refractivity contribution in [3.63, 3.8) is 0 Å². The van der Waals surface area contributed by atoms with Crippen LogP contribution in [-0.2, 0) is 9.59 Å². The van der Waals surface area contributed by atoms with Crippen molar-refractivity contribution in [2.24, 2.45) is 5.92 Å². The van der Waals surface area contributed by atoms with Crippen molar-refractivity contribution in [1.82, 2.24) is 5.32 Å². The SMILES string of the molecule is COc1ccc(C(NC(=O)C2CC(=O)N(c3ccccc3OC)C2)c2ccccc2)cc1. The molecule has 32 heavy (non-hydrogen) atoms. The van der Waals surface area contributed by atoms with Gasteiger partial charge in [-0.1, -0.05) is 54.6 Å². The first-order valence-corrected chi connectivity index (χ1v) is 10.5. The molecule has 6 nitrogen and oxygen atoms in total. The third-order valence-electron chi connectivity index (χ3n) is 5.74. The predicted octanol–water partition coefficient (Wildman–Crippen LogP) is 3.96. The minimum absolute atomic E-state index is 0.0876. The van der Waals surface area contributed by atoms with Crippen LogP contribution in [0.25, 0.3) is 0 Å². The second-order valence-electron chi connectivity index (χ2n) is 7.70. The van der Waals surface area contributed by atoms with Gasteiger partial charge in [0.05, 0.1) is 31.9 Å². The van der Waals surface area contributed by atoms with Gasteiger partial charge in [0.25, 0.3) is 0 Å². The standard InChI is InChI=1S/C26H26N2O4/c1-31-21-14-12-19(13-15-21)25(18-8-4-3-5-9-18)27-26(30)20-16-24(29)28(17-20)22-10-6-7-11-23(22)32-2/h3-15,20,25H,16-17H2,1-2H3,(H,27,30). The molecule has 0 aromatic heterocycles. The molecule has 164 valence electrons. The number of nitrogens with zero attached hydrogens (tertiary/aromatic N) is 1. The summed E-state index contributed by atoms with van der Waals surface area (Å²) in [6.07, 6.45) is 0.161. The number of amides is 2. The van der Waals surface area contributed by atoms with E-state index in [-0.39, 0.29) is 24.3 Å².